The van der Waals surface area contributed by atoms with Gasteiger partial charge >= 0.3 is 0 Å². The number of aromatic nitrogens is 3. The summed E-state index contributed by atoms with van der Waals surface area (Å²) >= 11 is 0. The summed E-state index contributed by atoms with van der Waals surface area (Å²) in [5.41, 5.74) is 1.26. The van der Waals surface area contributed by atoms with E-state index in [2.05, 4.69) is 39.6 Å². The van der Waals surface area contributed by atoms with Gasteiger partial charge in [-0.3, -0.25) is 4.57 Å². The molecule has 4 heteroatoms. The van der Waals surface area contributed by atoms with Gasteiger partial charge in [-0.15, -0.1) is 0 Å². The first-order chi connectivity index (χ1) is 8.27. The molecule has 0 unspecified atom stereocenters. The largest absolute Gasteiger partial charge is 0.309 e. The summed E-state index contributed by atoms with van der Waals surface area (Å²) in [5, 5.41) is 0. The fourth-order valence-corrected chi connectivity index (χ4v) is 1.81. The number of hydrogen-bond acceptors (Lipinski definition) is 3. The predicted molar refractivity (Wildman–Crippen MR) is 68.2 cm³/mol. The maximum Gasteiger partial charge on any atom is 0.233 e. The fourth-order valence-electron chi connectivity index (χ4n) is 1.81. The molecule has 0 bridgehead atoms. The Morgan fingerprint density at radius 1 is 1.18 bits per heavy atom. The third-order valence-electron chi connectivity index (χ3n) is 2.64. The van der Waals surface area contributed by atoms with Crippen LogP contribution in [0, 0.1) is 0 Å². The van der Waals surface area contributed by atoms with Gasteiger partial charge < -0.3 is 4.90 Å². The molecule has 17 heavy (non-hydrogen) atoms. The normalized spacial score (nSPS) is 11.0. The second kappa shape index (κ2) is 5.59. The van der Waals surface area contributed by atoms with Gasteiger partial charge in [-0.25, -0.2) is 9.97 Å². The molecular weight excluding hydrogens is 212 g/mol. The van der Waals surface area contributed by atoms with E-state index in [4.69, 9.17) is 0 Å². The lowest BCUT2D eigenvalue weighted by Crippen LogP contribution is -2.14. The SMILES string of the molecule is CN(C)CCCc1cccn1-c1ncccn1. The molecule has 0 atom stereocenters. The summed E-state index contributed by atoms with van der Waals surface area (Å²) in [5.74, 6) is 0.748. The van der Waals surface area contributed by atoms with E-state index >= 15 is 0 Å². The van der Waals surface area contributed by atoms with E-state index in [1.807, 2.05) is 18.3 Å². The third kappa shape index (κ3) is 3.14. The molecule has 0 aromatic carbocycles. The standard InChI is InChI=1S/C13H18N4/c1-16(2)10-3-6-12-7-4-11-17(12)13-14-8-5-9-15-13/h4-5,7-9,11H,3,6,10H2,1-2H3. The highest BCUT2D eigenvalue weighted by atomic mass is 15.1. The van der Waals surface area contributed by atoms with E-state index in [9.17, 15) is 0 Å². The minimum atomic E-state index is 0.748. The minimum Gasteiger partial charge on any atom is -0.309 e. The van der Waals surface area contributed by atoms with E-state index in [1.165, 1.54) is 5.69 Å². The molecule has 0 radical (unpaired) electrons. The molecule has 0 aliphatic rings. The molecule has 0 aliphatic heterocycles. The molecule has 2 aromatic heterocycles. The Morgan fingerprint density at radius 3 is 2.65 bits per heavy atom. The second-order valence-corrected chi connectivity index (χ2v) is 4.33. The maximum absolute atomic E-state index is 4.27. The van der Waals surface area contributed by atoms with Crippen LogP contribution in [0.1, 0.15) is 12.1 Å². The second-order valence-electron chi connectivity index (χ2n) is 4.33. The summed E-state index contributed by atoms with van der Waals surface area (Å²) in [7, 11) is 4.19. The van der Waals surface area contributed by atoms with Crippen LogP contribution in [0.3, 0.4) is 0 Å². The summed E-state index contributed by atoms with van der Waals surface area (Å²) in [6.45, 7) is 1.10. The summed E-state index contributed by atoms with van der Waals surface area (Å²) in [6, 6.07) is 6.01. The number of hydrogen-bond donors (Lipinski definition) is 0. The lowest BCUT2D eigenvalue weighted by atomic mass is 10.2. The Hall–Kier alpha value is -1.68. The van der Waals surface area contributed by atoms with Crippen LogP contribution in [0.25, 0.3) is 5.95 Å². The minimum absolute atomic E-state index is 0.748. The number of aryl methyl sites for hydroxylation is 1. The molecule has 2 heterocycles. The monoisotopic (exact) mass is 230 g/mol. The molecule has 0 N–H and O–H groups in total. The van der Waals surface area contributed by atoms with Crippen LogP contribution < -0.4 is 0 Å². The zero-order valence-corrected chi connectivity index (χ0v) is 10.4. The van der Waals surface area contributed by atoms with Crippen molar-refractivity contribution in [3.63, 3.8) is 0 Å². The lowest BCUT2D eigenvalue weighted by molar-refractivity contribution is 0.399. The van der Waals surface area contributed by atoms with E-state index in [1.54, 1.807) is 12.4 Å². The van der Waals surface area contributed by atoms with Gasteiger partial charge in [-0.1, -0.05) is 0 Å². The quantitative estimate of drug-likeness (QED) is 0.785. The topological polar surface area (TPSA) is 34.0 Å². The van der Waals surface area contributed by atoms with Crippen LogP contribution in [-0.4, -0.2) is 40.1 Å². The summed E-state index contributed by atoms with van der Waals surface area (Å²) < 4.78 is 2.05. The Balaban J connectivity index is 2.07. The molecule has 0 saturated carbocycles. The molecule has 0 amide bonds. The Bertz CT molecular complexity index is 447. The van der Waals surface area contributed by atoms with E-state index in [0.29, 0.717) is 0 Å². The van der Waals surface area contributed by atoms with Crippen molar-refractivity contribution < 1.29 is 0 Å². The van der Waals surface area contributed by atoms with Crippen LogP contribution in [0.2, 0.25) is 0 Å². The van der Waals surface area contributed by atoms with Crippen molar-refractivity contribution in [2.24, 2.45) is 0 Å². The van der Waals surface area contributed by atoms with Crippen LogP contribution in [0.5, 0.6) is 0 Å². The highest BCUT2D eigenvalue weighted by molar-refractivity contribution is 5.20. The zero-order chi connectivity index (χ0) is 12.1. The lowest BCUT2D eigenvalue weighted by Gasteiger charge is -2.10. The van der Waals surface area contributed by atoms with Crippen molar-refractivity contribution in [2.75, 3.05) is 20.6 Å². The molecule has 4 nitrogen and oxygen atoms in total. The van der Waals surface area contributed by atoms with Crippen LogP contribution >= 0.6 is 0 Å². The molecular formula is C13H18N4. The first-order valence-electron chi connectivity index (χ1n) is 5.86. The average Bonchev–Trinajstić information content (AvgIpc) is 2.78. The van der Waals surface area contributed by atoms with Crippen LogP contribution in [0.15, 0.2) is 36.8 Å². The Morgan fingerprint density at radius 2 is 1.94 bits per heavy atom. The van der Waals surface area contributed by atoms with Gasteiger partial charge in [0, 0.05) is 24.3 Å². The van der Waals surface area contributed by atoms with Crippen molar-refractivity contribution in [2.45, 2.75) is 12.8 Å². The van der Waals surface area contributed by atoms with Gasteiger partial charge in [0.1, 0.15) is 0 Å². The molecule has 0 saturated heterocycles. The molecule has 2 rings (SSSR count). The van der Waals surface area contributed by atoms with Crippen molar-refractivity contribution in [1.29, 1.82) is 0 Å². The summed E-state index contributed by atoms with van der Waals surface area (Å²) in [4.78, 5) is 10.7. The first kappa shape index (κ1) is 11.8. The van der Waals surface area contributed by atoms with Crippen molar-refractivity contribution in [3.8, 4) is 5.95 Å². The van der Waals surface area contributed by atoms with Crippen LogP contribution in [0.4, 0.5) is 0 Å². The molecule has 0 spiro atoms. The Kier molecular flexibility index (Phi) is 3.88. The molecule has 0 fully saturated rings. The van der Waals surface area contributed by atoms with E-state index in [0.717, 1.165) is 25.3 Å². The maximum atomic E-state index is 4.27. The van der Waals surface area contributed by atoms with Crippen molar-refractivity contribution in [1.82, 2.24) is 19.4 Å². The molecule has 90 valence electrons. The summed E-state index contributed by atoms with van der Waals surface area (Å²) in [6.07, 6.45) is 7.74. The Labute approximate surface area is 102 Å². The van der Waals surface area contributed by atoms with Crippen molar-refractivity contribution >= 4 is 0 Å². The van der Waals surface area contributed by atoms with E-state index in [-0.39, 0.29) is 0 Å². The number of rotatable bonds is 5. The third-order valence-corrected chi connectivity index (χ3v) is 2.64. The fraction of sp³-hybridized carbons (Fsp3) is 0.385. The average molecular weight is 230 g/mol. The van der Waals surface area contributed by atoms with Gasteiger partial charge in [0.25, 0.3) is 0 Å². The van der Waals surface area contributed by atoms with Crippen LogP contribution in [-0.2, 0) is 6.42 Å². The van der Waals surface area contributed by atoms with Gasteiger partial charge in [0.05, 0.1) is 0 Å². The van der Waals surface area contributed by atoms with E-state index < -0.39 is 0 Å². The smallest absolute Gasteiger partial charge is 0.233 e. The van der Waals surface area contributed by atoms with Gasteiger partial charge in [0.15, 0.2) is 0 Å². The van der Waals surface area contributed by atoms with Crippen molar-refractivity contribution in [3.05, 3.63) is 42.5 Å². The van der Waals surface area contributed by atoms with Gasteiger partial charge in [-0.2, -0.15) is 0 Å². The molecule has 2 aromatic rings. The first-order valence-corrected chi connectivity index (χ1v) is 5.86. The van der Waals surface area contributed by atoms with Gasteiger partial charge in [-0.05, 0) is 51.7 Å². The zero-order valence-electron chi connectivity index (χ0n) is 10.4. The number of nitrogens with zero attached hydrogens (tertiary/aromatic N) is 4. The predicted octanol–water partition coefficient (Wildman–Crippen LogP) is 1.76. The molecule has 0 aliphatic carbocycles. The highest BCUT2D eigenvalue weighted by Gasteiger charge is 2.04. The van der Waals surface area contributed by atoms with Gasteiger partial charge in [0.2, 0.25) is 5.95 Å². The highest BCUT2D eigenvalue weighted by Crippen LogP contribution is 2.10.